The first-order valence-corrected chi connectivity index (χ1v) is 12.3. The average Bonchev–Trinajstić information content (AvgIpc) is 3.08. The van der Waals surface area contributed by atoms with E-state index in [1.54, 1.807) is 35.2 Å². The molecule has 2 aliphatic heterocycles. The van der Waals surface area contributed by atoms with Crippen molar-refractivity contribution in [2.45, 2.75) is 37.5 Å². The van der Waals surface area contributed by atoms with Crippen molar-refractivity contribution in [2.24, 2.45) is 0 Å². The lowest BCUT2D eigenvalue weighted by Crippen LogP contribution is -2.54. The summed E-state index contributed by atoms with van der Waals surface area (Å²) in [4.78, 5) is 29.5. The summed E-state index contributed by atoms with van der Waals surface area (Å²) in [5.41, 5.74) is 0.419. The minimum absolute atomic E-state index is 0.00264. The standard InChI is InChI=1S/C23H27N3O5S/c1-2-31-19-13-11-18(12-14-19)26-23(28)25(17-22(27)24-15-7-3-4-8-16-24)20-9-5-6-10-21(20)32(26,29)30/h5-6,9-14H,2-4,7-8,15-17H2,1H3. The molecule has 0 spiro atoms. The van der Waals surface area contributed by atoms with Crippen LogP contribution in [-0.2, 0) is 14.8 Å². The highest BCUT2D eigenvalue weighted by Crippen LogP contribution is 2.37. The Morgan fingerprint density at radius 1 is 0.969 bits per heavy atom. The normalized spacial score (nSPS) is 18.2. The molecular weight excluding hydrogens is 430 g/mol. The summed E-state index contributed by atoms with van der Waals surface area (Å²) in [6, 6.07) is 11.8. The van der Waals surface area contributed by atoms with Crippen molar-refractivity contribution < 1.29 is 22.7 Å². The maximum Gasteiger partial charge on any atom is 0.343 e. The Labute approximate surface area is 188 Å². The van der Waals surface area contributed by atoms with Crippen molar-refractivity contribution in [2.75, 3.05) is 35.4 Å². The molecule has 170 valence electrons. The summed E-state index contributed by atoms with van der Waals surface area (Å²) in [7, 11) is -4.13. The number of amides is 3. The van der Waals surface area contributed by atoms with Crippen LogP contribution in [0.15, 0.2) is 53.4 Å². The fourth-order valence-corrected chi connectivity index (χ4v) is 5.71. The van der Waals surface area contributed by atoms with Crippen LogP contribution in [0.5, 0.6) is 5.75 Å². The molecule has 3 amide bonds. The molecule has 2 heterocycles. The van der Waals surface area contributed by atoms with Gasteiger partial charge in [0.1, 0.15) is 17.2 Å². The topological polar surface area (TPSA) is 87.2 Å². The zero-order valence-corrected chi connectivity index (χ0v) is 18.9. The third kappa shape index (κ3) is 4.17. The number of carbonyl (C=O) groups is 2. The molecule has 2 aromatic rings. The minimum atomic E-state index is -4.13. The third-order valence-corrected chi connectivity index (χ3v) is 7.46. The number of urea groups is 1. The molecule has 0 aliphatic carbocycles. The smallest absolute Gasteiger partial charge is 0.343 e. The summed E-state index contributed by atoms with van der Waals surface area (Å²) in [5, 5.41) is 0. The molecule has 0 atom stereocenters. The second-order valence-corrected chi connectivity index (χ2v) is 9.58. The lowest BCUT2D eigenvalue weighted by molar-refractivity contribution is -0.129. The van der Waals surface area contributed by atoms with Crippen LogP contribution in [0.2, 0.25) is 0 Å². The molecule has 0 unspecified atom stereocenters. The highest BCUT2D eigenvalue weighted by molar-refractivity contribution is 7.94. The fraction of sp³-hybridized carbons (Fsp3) is 0.391. The molecule has 4 rings (SSSR count). The molecule has 9 heteroatoms. The van der Waals surface area contributed by atoms with Gasteiger partial charge in [0, 0.05) is 13.1 Å². The van der Waals surface area contributed by atoms with Gasteiger partial charge >= 0.3 is 6.03 Å². The first-order chi connectivity index (χ1) is 15.4. The lowest BCUT2D eigenvalue weighted by atomic mass is 10.2. The minimum Gasteiger partial charge on any atom is -0.494 e. The summed E-state index contributed by atoms with van der Waals surface area (Å²) < 4.78 is 32.9. The van der Waals surface area contributed by atoms with Gasteiger partial charge < -0.3 is 9.64 Å². The highest BCUT2D eigenvalue weighted by Gasteiger charge is 2.43. The molecule has 1 saturated heterocycles. The number of hydrogen-bond acceptors (Lipinski definition) is 5. The number of para-hydroxylation sites is 1. The van der Waals surface area contributed by atoms with Crippen LogP contribution in [0.1, 0.15) is 32.6 Å². The quantitative estimate of drug-likeness (QED) is 0.684. The molecule has 2 aliphatic rings. The van der Waals surface area contributed by atoms with E-state index in [0.717, 1.165) is 30.0 Å². The average molecular weight is 458 g/mol. The summed E-state index contributed by atoms with van der Waals surface area (Å²) in [5.74, 6) is 0.396. The van der Waals surface area contributed by atoms with Crippen molar-refractivity contribution >= 4 is 33.3 Å². The van der Waals surface area contributed by atoms with E-state index in [9.17, 15) is 18.0 Å². The number of ether oxygens (including phenoxy) is 1. The monoisotopic (exact) mass is 457 g/mol. The van der Waals surface area contributed by atoms with Crippen LogP contribution in [0, 0.1) is 0 Å². The van der Waals surface area contributed by atoms with E-state index in [-0.39, 0.29) is 28.7 Å². The lowest BCUT2D eigenvalue weighted by Gasteiger charge is -2.36. The first kappa shape index (κ1) is 22.1. The molecule has 1 fully saturated rings. The zero-order valence-electron chi connectivity index (χ0n) is 18.1. The van der Waals surface area contributed by atoms with Crippen molar-refractivity contribution in [3.05, 3.63) is 48.5 Å². The fourth-order valence-electron chi connectivity index (χ4n) is 4.11. The maximum atomic E-state index is 13.5. The summed E-state index contributed by atoms with van der Waals surface area (Å²) in [6.45, 7) is 3.43. The number of hydrogen-bond donors (Lipinski definition) is 0. The van der Waals surface area contributed by atoms with Gasteiger partial charge in [0.05, 0.1) is 18.0 Å². The second-order valence-electron chi connectivity index (χ2n) is 7.83. The third-order valence-electron chi connectivity index (χ3n) is 5.71. The van der Waals surface area contributed by atoms with E-state index < -0.39 is 16.1 Å². The van der Waals surface area contributed by atoms with E-state index in [4.69, 9.17) is 4.74 Å². The predicted molar refractivity (Wildman–Crippen MR) is 122 cm³/mol. The number of likely N-dealkylation sites (tertiary alicyclic amines) is 1. The Morgan fingerprint density at radius 3 is 2.28 bits per heavy atom. The summed E-state index contributed by atoms with van der Waals surface area (Å²) >= 11 is 0. The number of anilines is 2. The van der Waals surface area contributed by atoms with Gasteiger partial charge in [-0.2, -0.15) is 4.31 Å². The number of sulfonamides is 1. The van der Waals surface area contributed by atoms with E-state index in [1.807, 2.05) is 6.92 Å². The largest absolute Gasteiger partial charge is 0.494 e. The molecule has 0 radical (unpaired) electrons. The zero-order chi connectivity index (χ0) is 22.7. The van der Waals surface area contributed by atoms with Gasteiger partial charge in [-0.15, -0.1) is 0 Å². The van der Waals surface area contributed by atoms with Crippen LogP contribution >= 0.6 is 0 Å². The van der Waals surface area contributed by atoms with Gasteiger partial charge in [0.15, 0.2) is 0 Å². The molecule has 0 aromatic heterocycles. The van der Waals surface area contributed by atoms with Crippen LogP contribution in [0.25, 0.3) is 0 Å². The van der Waals surface area contributed by atoms with E-state index >= 15 is 0 Å². The molecule has 0 N–H and O–H groups in total. The van der Waals surface area contributed by atoms with Crippen LogP contribution < -0.4 is 13.9 Å². The van der Waals surface area contributed by atoms with Crippen molar-refractivity contribution in [3.8, 4) is 5.75 Å². The molecule has 32 heavy (non-hydrogen) atoms. The van der Waals surface area contributed by atoms with Gasteiger partial charge in [0.25, 0.3) is 10.0 Å². The maximum absolute atomic E-state index is 13.5. The van der Waals surface area contributed by atoms with Crippen LogP contribution in [-0.4, -0.2) is 51.5 Å². The summed E-state index contributed by atoms with van der Waals surface area (Å²) in [6.07, 6.45) is 4.03. The Morgan fingerprint density at radius 2 is 1.62 bits per heavy atom. The van der Waals surface area contributed by atoms with E-state index in [0.29, 0.717) is 25.4 Å². The van der Waals surface area contributed by atoms with Gasteiger partial charge in [0.2, 0.25) is 5.91 Å². The highest BCUT2D eigenvalue weighted by atomic mass is 32.2. The number of fused-ring (bicyclic) bond motifs is 1. The molecule has 0 saturated carbocycles. The number of carbonyl (C=O) groups excluding carboxylic acids is 2. The number of rotatable bonds is 5. The first-order valence-electron chi connectivity index (χ1n) is 10.9. The van der Waals surface area contributed by atoms with E-state index in [1.165, 1.54) is 23.1 Å². The van der Waals surface area contributed by atoms with Crippen LogP contribution in [0.4, 0.5) is 16.2 Å². The van der Waals surface area contributed by atoms with Gasteiger partial charge in [-0.3, -0.25) is 9.69 Å². The Balaban J connectivity index is 1.70. The van der Waals surface area contributed by atoms with Crippen LogP contribution in [0.3, 0.4) is 0 Å². The van der Waals surface area contributed by atoms with Crippen molar-refractivity contribution in [1.82, 2.24) is 4.90 Å². The van der Waals surface area contributed by atoms with Gasteiger partial charge in [-0.05, 0) is 56.2 Å². The van der Waals surface area contributed by atoms with Gasteiger partial charge in [-0.1, -0.05) is 25.0 Å². The molecular formula is C23H27N3O5S. The Hall–Kier alpha value is -3.07. The predicted octanol–water partition coefficient (Wildman–Crippen LogP) is 3.62. The number of nitrogens with zero attached hydrogens (tertiary/aromatic N) is 3. The number of benzene rings is 2. The Kier molecular flexibility index (Phi) is 6.36. The van der Waals surface area contributed by atoms with Crippen molar-refractivity contribution in [3.63, 3.8) is 0 Å². The van der Waals surface area contributed by atoms with Gasteiger partial charge in [-0.25, -0.2) is 13.2 Å². The van der Waals surface area contributed by atoms with E-state index in [2.05, 4.69) is 0 Å². The second kappa shape index (κ2) is 9.20. The molecule has 2 aromatic carbocycles. The molecule has 8 nitrogen and oxygen atoms in total. The van der Waals surface area contributed by atoms with Crippen molar-refractivity contribution in [1.29, 1.82) is 0 Å². The Bertz CT molecular complexity index is 1090. The SMILES string of the molecule is CCOc1ccc(N2C(=O)N(CC(=O)N3CCCCCC3)c3ccccc3S2(=O)=O)cc1. The molecule has 0 bridgehead atoms.